The minimum Gasteiger partial charge on any atom is -0.461 e. The molecule has 0 unspecified atom stereocenters. The molecule has 0 radical (unpaired) electrons. The van der Waals surface area contributed by atoms with Crippen LogP contribution in [0.3, 0.4) is 0 Å². The number of urea groups is 2. The molecular formula is C21H27N5O4S. The van der Waals surface area contributed by atoms with Crippen LogP contribution in [0.5, 0.6) is 0 Å². The molecule has 3 N–H and O–H groups in total. The van der Waals surface area contributed by atoms with Gasteiger partial charge in [-0.3, -0.25) is 0 Å². The third kappa shape index (κ3) is 6.42. The Kier molecular flexibility index (Phi) is 7.82. The Morgan fingerprint density at radius 1 is 1.16 bits per heavy atom. The smallest absolute Gasteiger partial charge is 0.357 e. The van der Waals surface area contributed by atoms with Crippen molar-refractivity contribution in [2.75, 3.05) is 16.9 Å². The molecule has 31 heavy (non-hydrogen) atoms. The van der Waals surface area contributed by atoms with Gasteiger partial charge in [0, 0.05) is 17.1 Å². The van der Waals surface area contributed by atoms with Gasteiger partial charge in [0.05, 0.1) is 6.61 Å². The summed E-state index contributed by atoms with van der Waals surface area (Å²) in [5.74, 6) is -0.587. The Morgan fingerprint density at radius 3 is 2.55 bits per heavy atom. The van der Waals surface area contributed by atoms with Gasteiger partial charge in [0.15, 0.2) is 5.69 Å². The number of amides is 4. The molecular weight excluding hydrogens is 418 g/mol. The maximum atomic E-state index is 13.0. The van der Waals surface area contributed by atoms with Crippen molar-refractivity contribution in [2.45, 2.75) is 52.0 Å². The van der Waals surface area contributed by atoms with Gasteiger partial charge in [-0.2, -0.15) is 5.01 Å². The summed E-state index contributed by atoms with van der Waals surface area (Å²) >= 11 is 1.05. The number of thiazole rings is 1. The lowest BCUT2D eigenvalue weighted by Crippen LogP contribution is -2.54. The van der Waals surface area contributed by atoms with Crippen molar-refractivity contribution in [3.63, 3.8) is 0 Å². The molecule has 1 aliphatic carbocycles. The first kappa shape index (κ1) is 22.5. The monoisotopic (exact) mass is 445 g/mol. The summed E-state index contributed by atoms with van der Waals surface area (Å²) in [6.45, 7) is 3.86. The van der Waals surface area contributed by atoms with Crippen molar-refractivity contribution < 1.29 is 19.1 Å². The summed E-state index contributed by atoms with van der Waals surface area (Å²) in [6.07, 6.45) is 5.12. The van der Waals surface area contributed by atoms with Gasteiger partial charge in [0.1, 0.15) is 0 Å². The second kappa shape index (κ2) is 10.8. The van der Waals surface area contributed by atoms with E-state index in [1.54, 1.807) is 19.1 Å². The normalized spacial score (nSPS) is 13.9. The first-order chi connectivity index (χ1) is 15.0. The molecule has 1 fully saturated rings. The number of aromatic nitrogens is 1. The Balaban J connectivity index is 1.75. The first-order valence-corrected chi connectivity index (χ1v) is 11.2. The molecule has 1 aromatic heterocycles. The van der Waals surface area contributed by atoms with E-state index >= 15 is 0 Å². The van der Waals surface area contributed by atoms with E-state index in [1.807, 2.05) is 19.1 Å². The molecule has 2 aromatic rings. The molecule has 1 heterocycles. The molecule has 4 amide bonds. The Bertz CT molecular complexity index is 909. The molecule has 9 nitrogen and oxygen atoms in total. The fourth-order valence-electron chi connectivity index (χ4n) is 3.23. The Labute approximate surface area is 185 Å². The van der Waals surface area contributed by atoms with Crippen LogP contribution in [-0.2, 0) is 4.74 Å². The van der Waals surface area contributed by atoms with Crippen molar-refractivity contribution in [2.24, 2.45) is 0 Å². The minimum absolute atomic E-state index is 0.0714. The van der Waals surface area contributed by atoms with Gasteiger partial charge in [-0.05, 0) is 38.8 Å². The standard InChI is InChI=1S/C21H27N5O4S/c1-3-30-18(27)17-13-31-21(24-17)26(20(29)23-16-11-9-14(2)10-12-16)25-19(28)22-15-7-5-4-6-8-15/h9-13,15H,3-8H2,1-2H3,(H,23,29)(H2,22,25,28). The molecule has 0 atom stereocenters. The van der Waals surface area contributed by atoms with Crippen LogP contribution in [0.4, 0.5) is 20.4 Å². The lowest BCUT2D eigenvalue weighted by atomic mass is 9.96. The third-order valence-electron chi connectivity index (χ3n) is 4.83. The molecule has 0 aliphatic heterocycles. The molecule has 3 rings (SSSR count). The maximum absolute atomic E-state index is 13.0. The number of anilines is 2. The van der Waals surface area contributed by atoms with E-state index in [-0.39, 0.29) is 23.5 Å². The Morgan fingerprint density at radius 2 is 1.87 bits per heavy atom. The summed E-state index contributed by atoms with van der Waals surface area (Å²) < 4.78 is 4.96. The lowest BCUT2D eigenvalue weighted by molar-refractivity contribution is 0.0520. The van der Waals surface area contributed by atoms with Crippen molar-refractivity contribution in [1.29, 1.82) is 0 Å². The summed E-state index contributed by atoms with van der Waals surface area (Å²) in [4.78, 5) is 41.7. The summed E-state index contributed by atoms with van der Waals surface area (Å²) in [5, 5.41) is 8.28. The highest BCUT2D eigenvalue weighted by molar-refractivity contribution is 7.14. The lowest BCUT2D eigenvalue weighted by Gasteiger charge is -2.26. The molecule has 1 aromatic carbocycles. The van der Waals surface area contributed by atoms with Gasteiger partial charge >= 0.3 is 18.0 Å². The average Bonchev–Trinajstić information content (AvgIpc) is 3.24. The van der Waals surface area contributed by atoms with E-state index in [0.29, 0.717) is 5.69 Å². The number of carbonyl (C=O) groups excluding carboxylic acids is 3. The SMILES string of the molecule is CCOC(=O)c1csc(N(NC(=O)NC2CCCCC2)C(=O)Nc2ccc(C)cc2)n1. The van der Waals surface area contributed by atoms with Crippen molar-refractivity contribution in [1.82, 2.24) is 15.7 Å². The second-order valence-corrected chi connectivity index (χ2v) is 8.12. The molecule has 1 saturated carbocycles. The van der Waals surface area contributed by atoms with Gasteiger partial charge in [-0.25, -0.2) is 24.8 Å². The van der Waals surface area contributed by atoms with Crippen molar-refractivity contribution >= 4 is 40.2 Å². The van der Waals surface area contributed by atoms with Gasteiger partial charge in [0.25, 0.3) is 0 Å². The largest absolute Gasteiger partial charge is 0.461 e. The fourth-order valence-corrected chi connectivity index (χ4v) is 3.98. The summed E-state index contributed by atoms with van der Waals surface area (Å²) in [7, 11) is 0. The van der Waals surface area contributed by atoms with E-state index in [4.69, 9.17) is 4.74 Å². The van der Waals surface area contributed by atoms with Crippen LogP contribution in [-0.4, -0.2) is 35.7 Å². The van der Waals surface area contributed by atoms with Crippen LogP contribution in [0.1, 0.15) is 55.1 Å². The predicted molar refractivity (Wildman–Crippen MR) is 119 cm³/mol. The van der Waals surface area contributed by atoms with Gasteiger partial charge in [-0.15, -0.1) is 11.3 Å². The number of hydrogen-bond donors (Lipinski definition) is 3. The number of aryl methyl sites for hydroxylation is 1. The quantitative estimate of drug-likeness (QED) is 0.471. The molecule has 0 spiro atoms. The number of carbonyl (C=O) groups is 3. The van der Waals surface area contributed by atoms with Crippen LogP contribution in [0, 0.1) is 6.92 Å². The first-order valence-electron chi connectivity index (χ1n) is 10.3. The molecule has 0 bridgehead atoms. The highest BCUT2D eigenvalue weighted by Gasteiger charge is 2.25. The van der Waals surface area contributed by atoms with E-state index < -0.39 is 18.0 Å². The minimum atomic E-state index is -0.604. The summed E-state index contributed by atoms with van der Waals surface area (Å²) in [5.41, 5.74) is 4.26. The number of benzene rings is 1. The predicted octanol–water partition coefficient (Wildman–Crippen LogP) is 4.21. The molecule has 10 heteroatoms. The number of nitrogens with one attached hydrogen (secondary N) is 3. The van der Waals surface area contributed by atoms with E-state index in [9.17, 15) is 14.4 Å². The molecule has 1 aliphatic rings. The third-order valence-corrected chi connectivity index (χ3v) is 5.65. The topological polar surface area (TPSA) is 113 Å². The number of hydrogen-bond acceptors (Lipinski definition) is 6. The zero-order chi connectivity index (χ0) is 22.2. The average molecular weight is 446 g/mol. The zero-order valence-electron chi connectivity index (χ0n) is 17.6. The Hall–Kier alpha value is -3.14. The number of rotatable bonds is 5. The highest BCUT2D eigenvalue weighted by atomic mass is 32.1. The van der Waals surface area contributed by atoms with Gasteiger partial charge in [-0.1, -0.05) is 37.0 Å². The number of hydrazine groups is 1. The highest BCUT2D eigenvalue weighted by Crippen LogP contribution is 2.22. The van der Waals surface area contributed by atoms with Crippen LogP contribution >= 0.6 is 11.3 Å². The molecule has 166 valence electrons. The van der Waals surface area contributed by atoms with Crippen LogP contribution < -0.4 is 21.1 Å². The van der Waals surface area contributed by atoms with Crippen molar-refractivity contribution in [3.8, 4) is 0 Å². The second-order valence-electron chi connectivity index (χ2n) is 7.29. The maximum Gasteiger partial charge on any atom is 0.357 e. The van der Waals surface area contributed by atoms with E-state index in [2.05, 4.69) is 21.0 Å². The van der Waals surface area contributed by atoms with E-state index in [0.717, 1.165) is 47.6 Å². The van der Waals surface area contributed by atoms with Crippen LogP contribution in [0.25, 0.3) is 0 Å². The number of ether oxygens (including phenoxy) is 1. The van der Waals surface area contributed by atoms with Gasteiger partial charge < -0.3 is 15.4 Å². The number of esters is 1. The van der Waals surface area contributed by atoms with Crippen molar-refractivity contribution in [3.05, 3.63) is 40.9 Å². The van der Waals surface area contributed by atoms with Crippen LogP contribution in [0.15, 0.2) is 29.6 Å². The van der Waals surface area contributed by atoms with Crippen LogP contribution in [0.2, 0.25) is 0 Å². The fraction of sp³-hybridized carbons (Fsp3) is 0.429. The summed E-state index contributed by atoms with van der Waals surface area (Å²) in [6, 6.07) is 6.23. The van der Waals surface area contributed by atoms with Gasteiger partial charge in [0.2, 0.25) is 5.13 Å². The zero-order valence-corrected chi connectivity index (χ0v) is 18.5. The number of nitrogens with zero attached hydrogens (tertiary/aromatic N) is 2. The molecule has 0 saturated heterocycles. The van der Waals surface area contributed by atoms with E-state index in [1.165, 1.54) is 11.8 Å².